The molecule has 242 valence electrons. The Morgan fingerprint density at radius 2 is 1.46 bits per heavy atom. The second kappa shape index (κ2) is 16.0. The highest BCUT2D eigenvalue weighted by Gasteiger charge is 2.35. The van der Waals surface area contributed by atoms with Gasteiger partial charge < -0.3 is 15.0 Å². The van der Waals surface area contributed by atoms with Crippen LogP contribution in [0.15, 0.2) is 108 Å². The summed E-state index contributed by atoms with van der Waals surface area (Å²) in [5.41, 5.74) is 1.72. The van der Waals surface area contributed by atoms with Gasteiger partial charge in [0.2, 0.25) is 11.8 Å². The molecule has 1 atom stereocenters. The molecule has 0 saturated carbocycles. The number of ether oxygens (including phenoxy) is 1. The first-order valence-corrected chi connectivity index (χ1v) is 17.1. The van der Waals surface area contributed by atoms with Crippen LogP contribution >= 0.6 is 23.2 Å². The molecule has 8 nitrogen and oxygen atoms in total. The number of carbonyl (C=O) groups excluding carboxylic acids is 2. The summed E-state index contributed by atoms with van der Waals surface area (Å²) in [6, 6.07) is 27.5. The molecule has 4 rings (SSSR count). The van der Waals surface area contributed by atoms with Gasteiger partial charge in [0.1, 0.15) is 18.3 Å². The number of nitrogens with one attached hydrogen (secondary N) is 1. The first-order valence-electron chi connectivity index (χ1n) is 14.9. The molecule has 0 radical (unpaired) electrons. The largest absolute Gasteiger partial charge is 0.494 e. The third-order valence-electron chi connectivity index (χ3n) is 7.08. The molecule has 46 heavy (non-hydrogen) atoms. The summed E-state index contributed by atoms with van der Waals surface area (Å²) in [4.78, 5) is 29.7. The first-order chi connectivity index (χ1) is 22.0. The Morgan fingerprint density at radius 3 is 2.04 bits per heavy atom. The molecular weight excluding hydrogens is 645 g/mol. The lowest BCUT2D eigenvalue weighted by Crippen LogP contribution is -2.54. The van der Waals surface area contributed by atoms with Crippen molar-refractivity contribution in [3.63, 3.8) is 0 Å². The molecule has 4 aromatic rings. The molecule has 0 fully saturated rings. The van der Waals surface area contributed by atoms with Crippen molar-refractivity contribution >= 4 is 50.7 Å². The maximum Gasteiger partial charge on any atom is 0.264 e. The van der Waals surface area contributed by atoms with Crippen molar-refractivity contribution in [1.29, 1.82) is 0 Å². The van der Waals surface area contributed by atoms with Crippen LogP contribution in [0.1, 0.15) is 31.9 Å². The highest BCUT2D eigenvalue weighted by molar-refractivity contribution is 7.92. The predicted molar refractivity (Wildman–Crippen MR) is 183 cm³/mol. The van der Waals surface area contributed by atoms with E-state index in [-0.39, 0.29) is 35.5 Å². The van der Waals surface area contributed by atoms with Gasteiger partial charge in [-0.3, -0.25) is 13.9 Å². The number of benzene rings is 4. The highest BCUT2D eigenvalue weighted by Crippen LogP contribution is 2.28. The Labute approximate surface area is 280 Å². The monoisotopic (exact) mass is 681 g/mol. The summed E-state index contributed by atoms with van der Waals surface area (Å²) in [6.07, 6.45) is 0.195. The van der Waals surface area contributed by atoms with Crippen LogP contribution in [0.5, 0.6) is 5.75 Å². The summed E-state index contributed by atoms with van der Waals surface area (Å²) >= 11 is 12.5. The minimum Gasteiger partial charge on any atom is -0.494 e. The third-order valence-corrected chi connectivity index (χ3v) is 9.61. The summed E-state index contributed by atoms with van der Waals surface area (Å²) in [6.45, 7) is 5.36. The van der Waals surface area contributed by atoms with Crippen LogP contribution in [0.4, 0.5) is 5.69 Å². The van der Waals surface area contributed by atoms with E-state index in [0.29, 0.717) is 28.0 Å². The van der Waals surface area contributed by atoms with Crippen molar-refractivity contribution in [2.45, 2.75) is 50.7 Å². The lowest BCUT2D eigenvalue weighted by Gasteiger charge is -2.34. The highest BCUT2D eigenvalue weighted by atomic mass is 35.5. The number of amides is 2. The minimum atomic E-state index is -4.21. The summed E-state index contributed by atoms with van der Waals surface area (Å²) in [5.74, 6) is -0.394. The first kappa shape index (κ1) is 34.8. The van der Waals surface area contributed by atoms with Crippen molar-refractivity contribution in [2.75, 3.05) is 17.5 Å². The average molecular weight is 683 g/mol. The van der Waals surface area contributed by atoms with Gasteiger partial charge in [0.15, 0.2) is 0 Å². The third kappa shape index (κ3) is 9.02. The van der Waals surface area contributed by atoms with E-state index in [4.69, 9.17) is 27.9 Å². The van der Waals surface area contributed by atoms with Gasteiger partial charge in [-0.15, -0.1) is 0 Å². The number of hydrogen-bond donors (Lipinski definition) is 1. The van der Waals surface area contributed by atoms with Crippen molar-refractivity contribution in [1.82, 2.24) is 10.2 Å². The Morgan fingerprint density at radius 1 is 0.826 bits per heavy atom. The normalized spacial score (nSPS) is 12.0. The molecule has 2 amide bonds. The van der Waals surface area contributed by atoms with Crippen LogP contribution in [0.2, 0.25) is 10.0 Å². The number of halogens is 2. The molecule has 0 heterocycles. The van der Waals surface area contributed by atoms with Crippen molar-refractivity contribution in [3.8, 4) is 5.75 Å². The predicted octanol–water partition coefficient (Wildman–Crippen LogP) is 6.75. The van der Waals surface area contributed by atoms with Gasteiger partial charge in [-0.05, 0) is 80.4 Å². The van der Waals surface area contributed by atoms with Crippen LogP contribution in [-0.4, -0.2) is 50.4 Å². The van der Waals surface area contributed by atoms with Crippen LogP contribution < -0.4 is 14.4 Å². The van der Waals surface area contributed by atoms with E-state index in [2.05, 4.69) is 5.32 Å². The van der Waals surface area contributed by atoms with Crippen LogP contribution in [-0.2, 0) is 32.6 Å². The van der Waals surface area contributed by atoms with Crippen LogP contribution in [0, 0.1) is 0 Å². The number of carbonyl (C=O) groups is 2. The van der Waals surface area contributed by atoms with E-state index in [1.807, 2.05) is 51.1 Å². The van der Waals surface area contributed by atoms with E-state index < -0.39 is 28.5 Å². The molecule has 0 aliphatic carbocycles. The number of anilines is 1. The minimum absolute atomic E-state index is 0.0195. The van der Waals surface area contributed by atoms with Crippen LogP contribution in [0.25, 0.3) is 0 Å². The van der Waals surface area contributed by atoms with Gasteiger partial charge in [-0.2, -0.15) is 0 Å². The smallest absolute Gasteiger partial charge is 0.264 e. The van der Waals surface area contributed by atoms with Crippen molar-refractivity contribution in [2.24, 2.45) is 0 Å². The van der Waals surface area contributed by atoms with E-state index in [1.54, 1.807) is 60.7 Å². The number of hydrogen-bond acceptors (Lipinski definition) is 5. The maximum atomic E-state index is 14.5. The molecule has 0 aliphatic rings. The van der Waals surface area contributed by atoms with E-state index >= 15 is 0 Å². The fraction of sp³-hybridized carbons (Fsp3) is 0.257. The fourth-order valence-corrected chi connectivity index (χ4v) is 6.65. The summed E-state index contributed by atoms with van der Waals surface area (Å²) in [5, 5.41) is 3.58. The molecule has 11 heteroatoms. The maximum absolute atomic E-state index is 14.5. The standard InChI is InChI=1S/C35H37Cl2N3O5S/c1-4-45-29-18-16-28(17-19-29)40(46(43,44)30-13-9-6-10-14-30)24-34(41)39(23-27-15-20-31(36)32(37)21-27)33(35(42)38-25(2)3)22-26-11-7-5-8-12-26/h5-21,25,33H,4,22-24H2,1-3H3,(H,38,42). The van der Waals surface area contributed by atoms with Crippen molar-refractivity contribution in [3.05, 3.63) is 124 Å². The van der Waals surface area contributed by atoms with Gasteiger partial charge in [0.05, 0.1) is 27.2 Å². The van der Waals surface area contributed by atoms with Gasteiger partial charge in [-0.25, -0.2) is 8.42 Å². The number of sulfonamides is 1. The van der Waals surface area contributed by atoms with Gasteiger partial charge in [-0.1, -0.05) is 77.8 Å². The number of nitrogens with zero attached hydrogens (tertiary/aromatic N) is 2. The zero-order valence-corrected chi connectivity index (χ0v) is 28.2. The fourth-order valence-electron chi connectivity index (χ4n) is 4.89. The van der Waals surface area contributed by atoms with Crippen molar-refractivity contribution < 1.29 is 22.7 Å². The molecule has 0 bridgehead atoms. The van der Waals surface area contributed by atoms with Gasteiger partial charge >= 0.3 is 0 Å². The lowest BCUT2D eigenvalue weighted by atomic mass is 10.0. The second-order valence-electron chi connectivity index (χ2n) is 10.9. The molecule has 4 aromatic carbocycles. The van der Waals surface area contributed by atoms with Crippen LogP contribution in [0.3, 0.4) is 0 Å². The second-order valence-corrected chi connectivity index (χ2v) is 13.6. The summed E-state index contributed by atoms with van der Waals surface area (Å²) < 4.78 is 34.8. The zero-order chi connectivity index (χ0) is 33.3. The Balaban J connectivity index is 1.81. The molecule has 1 N–H and O–H groups in total. The molecular formula is C35H37Cl2N3O5S. The molecule has 0 aromatic heterocycles. The zero-order valence-electron chi connectivity index (χ0n) is 25.9. The molecule has 1 unspecified atom stereocenters. The van der Waals surface area contributed by atoms with E-state index in [1.165, 1.54) is 17.0 Å². The Bertz CT molecular complexity index is 1720. The van der Waals surface area contributed by atoms with Gasteiger partial charge in [0.25, 0.3) is 10.0 Å². The Hall–Kier alpha value is -4.05. The SMILES string of the molecule is CCOc1ccc(N(CC(=O)N(Cc2ccc(Cl)c(Cl)c2)C(Cc2ccccc2)C(=O)NC(C)C)S(=O)(=O)c2ccccc2)cc1. The quantitative estimate of drug-likeness (QED) is 0.159. The molecule has 0 saturated heterocycles. The average Bonchev–Trinajstić information content (AvgIpc) is 3.04. The molecule has 0 spiro atoms. The Kier molecular flexibility index (Phi) is 12.1. The topological polar surface area (TPSA) is 96.0 Å². The summed E-state index contributed by atoms with van der Waals surface area (Å²) in [7, 11) is -4.21. The molecule has 0 aliphatic heterocycles. The number of rotatable bonds is 14. The lowest BCUT2D eigenvalue weighted by molar-refractivity contribution is -0.140. The van der Waals surface area contributed by atoms with E-state index in [0.717, 1.165) is 9.87 Å². The van der Waals surface area contributed by atoms with E-state index in [9.17, 15) is 18.0 Å². The van der Waals surface area contributed by atoms with Gasteiger partial charge in [0, 0.05) is 19.0 Å².